The van der Waals surface area contributed by atoms with E-state index in [1.54, 1.807) is 31.2 Å². The van der Waals surface area contributed by atoms with E-state index in [9.17, 15) is 23.4 Å². The standard InChI is InChI=1S/C18H14F3N3O2/c1-10-8-14(17(26)13-4-2-3-7-22-13)23-24-16(10)12-6-5-11(9-15(12)25)18(19,20)21/h2-9,17,25-26H,1H3. The summed E-state index contributed by atoms with van der Waals surface area (Å²) < 4.78 is 38.1. The molecular formula is C18H14F3N3O2. The Hall–Kier alpha value is -3.00. The largest absolute Gasteiger partial charge is 0.507 e. The molecule has 0 saturated carbocycles. The highest BCUT2D eigenvalue weighted by molar-refractivity contribution is 5.69. The number of rotatable bonds is 3. The lowest BCUT2D eigenvalue weighted by Gasteiger charge is -2.13. The third kappa shape index (κ3) is 3.50. The molecule has 134 valence electrons. The average Bonchev–Trinajstić information content (AvgIpc) is 2.61. The van der Waals surface area contributed by atoms with E-state index in [0.29, 0.717) is 17.3 Å². The molecular weight excluding hydrogens is 347 g/mol. The molecule has 1 unspecified atom stereocenters. The first kappa shape index (κ1) is 17.8. The number of alkyl halides is 3. The van der Waals surface area contributed by atoms with Crippen LogP contribution >= 0.6 is 0 Å². The van der Waals surface area contributed by atoms with Gasteiger partial charge in [0.25, 0.3) is 0 Å². The van der Waals surface area contributed by atoms with Crippen LogP contribution in [0.1, 0.15) is 28.6 Å². The Balaban J connectivity index is 1.96. The van der Waals surface area contributed by atoms with Crippen molar-refractivity contribution in [3.63, 3.8) is 0 Å². The lowest BCUT2D eigenvalue weighted by atomic mass is 10.0. The van der Waals surface area contributed by atoms with Gasteiger partial charge in [0.05, 0.1) is 22.6 Å². The van der Waals surface area contributed by atoms with E-state index in [0.717, 1.165) is 12.1 Å². The van der Waals surface area contributed by atoms with Gasteiger partial charge in [0, 0.05) is 11.8 Å². The Morgan fingerprint density at radius 3 is 2.35 bits per heavy atom. The van der Waals surface area contributed by atoms with Gasteiger partial charge in [-0.05, 0) is 48.9 Å². The first-order chi connectivity index (χ1) is 12.3. The zero-order chi connectivity index (χ0) is 18.9. The van der Waals surface area contributed by atoms with Crippen molar-refractivity contribution in [3.05, 3.63) is 71.2 Å². The maximum Gasteiger partial charge on any atom is 0.416 e. The first-order valence-electron chi connectivity index (χ1n) is 7.61. The number of aromatic hydroxyl groups is 1. The third-order valence-electron chi connectivity index (χ3n) is 3.83. The summed E-state index contributed by atoms with van der Waals surface area (Å²) in [5.74, 6) is -0.546. The van der Waals surface area contributed by atoms with Crippen LogP contribution < -0.4 is 0 Å². The van der Waals surface area contributed by atoms with Crippen molar-refractivity contribution < 1.29 is 23.4 Å². The topological polar surface area (TPSA) is 79.1 Å². The minimum absolute atomic E-state index is 0.127. The molecule has 0 fully saturated rings. The molecule has 1 aromatic carbocycles. The van der Waals surface area contributed by atoms with Crippen LogP contribution in [0.2, 0.25) is 0 Å². The first-order valence-corrected chi connectivity index (χ1v) is 7.61. The number of phenolic OH excluding ortho intramolecular Hbond substituents is 1. The highest BCUT2D eigenvalue weighted by Crippen LogP contribution is 2.36. The average molecular weight is 361 g/mol. The van der Waals surface area contributed by atoms with E-state index >= 15 is 0 Å². The van der Waals surface area contributed by atoms with Gasteiger partial charge in [-0.2, -0.15) is 18.3 Å². The van der Waals surface area contributed by atoms with E-state index in [4.69, 9.17) is 0 Å². The summed E-state index contributed by atoms with van der Waals surface area (Å²) in [7, 11) is 0. The highest BCUT2D eigenvalue weighted by Gasteiger charge is 2.31. The normalized spacial score (nSPS) is 12.8. The monoisotopic (exact) mass is 361 g/mol. The van der Waals surface area contributed by atoms with Crippen molar-refractivity contribution in [3.8, 4) is 17.0 Å². The fourth-order valence-electron chi connectivity index (χ4n) is 2.50. The van der Waals surface area contributed by atoms with Crippen LogP contribution in [0.3, 0.4) is 0 Å². The molecule has 2 aromatic heterocycles. The van der Waals surface area contributed by atoms with Gasteiger partial charge in [-0.15, -0.1) is 5.10 Å². The molecule has 0 spiro atoms. The van der Waals surface area contributed by atoms with E-state index in [2.05, 4.69) is 15.2 Å². The number of pyridine rings is 1. The van der Waals surface area contributed by atoms with Crippen molar-refractivity contribution in [2.45, 2.75) is 19.2 Å². The van der Waals surface area contributed by atoms with Crippen LogP contribution in [0.5, 0.6) is 5.75 Å². The van der Waals surface area contributed by atoms with E-state index < -0.39 is 23.6 Å². The summed E-state index contributed by atoms with van der Waals surface area (Å²) in [6.45, 7) is 1.66. The van der Waals surface area contributed by atoms with Gasteiger partial charge >= 0.3 is 6.18 Å². The molecule has 0 saturated heterocycles. The van der Waals surface area contributed by atoms with Crippen molar-refractivity contribution in [2.75, 3.05) is 0 Å². The Kier molecular flexibility index (Phi) is 4.60. The number of hydrogen-bond donors (Lipinski definition) is 2. The Labute approximate surface area is 146 Å². The molecule has 0 aliphatic heterocycles. The fraction of sp³-hybridized carbons (Fsp3) is 0.167. The molecule has 0 amide bonds. The summed E-state index contributed by atoms with van der Waals surface area (Å²) >= 11 is 0. The smallest absolute Gasteiger partial charge is 0.416 e. The minimum atomic E-state index is -4.55. The predicted molar refractivity (Wildman–Crippen MR) is 87.2 cm³/mol. The number of aliphatic hydroxyl groups is 1. The summed E-state index contributed by atoms with van der Waals surface area (Å²) in [5.41, 5.74) is 0.587. The predicted octanol–water partition coefficient (Wildman–Crippen LogP) is 3.65. The van der Waals surface area contributed by atoms with Crippen LogP contribution in [0.15, 0.2) is 48.7 Å². The van der Waals surface area contributed by atoms with Crippen molar-refractivity contribution in [1.82, 2.24) is 15.2 Å². The maximum atomic E-state index is 12.7. The Morgan fingerprint density at radius 2 is 1.77 bits per heavy atom. The molecule has 0 aliphatic carbocycles. The van der Waals surface area contributed by atoms with Crippen LogP contribution in [0.4, 0.5) is 13.2 Å². The fourth-order valence-corrected chi connectivity index (χ4v) is 2.50. The second kappa shape index (κ2) is 6.72. The van der Waals surface area contributed by atoms with E-state index in [1.807, 2.05) is 0 Å². The lowest BCUT2D eigenvalue weighted by molar-refractivity contribution is -0.137. The SMILES string of the molecule is Cc1cc(C(O)c2ccccn2)nnc1-c1ccc(C(F)(F)F)cc1O. The summed E-state index contributed by atoms with van der Waals surface area (Å²) in [6, 6.07) is 9.28. The van der Waals surface area contributed by atoms with Crippen LogP contribution in [-0.4, -0.2) is 25.4 Å². The molecule has 26 heavy (non-hydrogen) atoms. The second-order valence-electron chi connectivity index (χ2n) is 5.69. The van der Waals surface area contributed by atoms with Gasteiger partial charge < -0.3 is 10.2 Å². The molecule has 0 radical (unpaired) electrons. The zero-order valence-corrected chi connectivity index (χ0v) is 13.6. The van der Waals surface area contributed by atoms with Gasteiger partial charge in [-0.25, -0.2) is 0 Å². The molecule has 2 N–H and O–H groups in total. The molecule has 5 nitrogen and oxygen atoms in total. The number of hydrogen-bond acceptors (Lipinski definition) is 5. The van der Waals surface area contributed by atoms with E-state index in [1.165, 1.54) is 6.20 Å². The molecule has 2 heterocycles. The maximum absolute atomic E-state index is 12.7. The molecule has 0 bridgehead atoms. The van der Waals surface area contributed by atoms with Crippen molar-refractivity contribution >= 4 is 0 Å². The van der Waals surface area contributed by atoms with Crippen molar-refractivity contribution in [2.24, 2.45) is 0 Å². The number of phenols is 1. The lowest BCUT2D eigenvalue weighted by Crippen LogP contribution is -2.07. The van der Waals surface area contributed by atoms with Crippen LogP contribution in [-0.2, 0) is 6.18 Å². The molecule has 8 heteroatoms. The number of nitrogens with zero attached hydrogens (tertiary/aromatic N) is 3. The Morgan fingerprint density at radius 1 is 1.00 bits per heavy atom. The van der Waals surface area contributed by atoms with Gasteiger partial charge in [0.1, 0.15) is 11.9 Å². The van der Waals surface area contributed by atoms with Crippen molar-refractivity contribution in [1.29, 1.82) is 0 Å². The van der Waals surface area contributed by atoms with Crippen LogP contribution in [0.25, 0.3) is 11.3 Å². The number of benzene rings is 1. The summed E-state index contributed by atoms with van der Waals surface area (Å²) in [5, 5.41) is 28.2. The second-order valence-corrected chi connectivity index (χ2v) is 5.69. The number of aromatic nitrogens is 3. The zero-order valence-electron chi connectivity index (χ0n) is 13.6. The summed E-state index contributed by atoms with van der Waals surface area (Å²) in [4.78, 5) is 4.05. The van der Waals surface area contributed by atoms with E-state index in [-0.39, 0.29) is 17.0 Å². The number of aryl methyl sites for hydroxylation is 1. The van der Waals surface area contributed by atoms with Gasteiger partial charge in [0.2, 0.25) is 0 Å². The molecule has 3 aromatic rings. The summed E-state index contributed by atoms with van der Waals surface area (Å²) in [6.07, 6.45) is -4.10. The molecule has 1 atom stereocenters. The minimum Gasteiger partial charge on any atom is -0.507 e. The van der Waals surface area contributed by atoms with Gasteiger partial charge in [-0.1, -0.05) is 6.07 Å². The van der Waals surface area contributed by atoms with Gasteiger partial charge in [0.15, 0.2) is 0 Å². The van der Waals surface area contributed by atoms with Crippen LogP contribution in [0, 0.1) is 6.92 Å². The highest BCUT2D eigenvalue weighted by atomic mass is 19.4. The number of aliphatic hydroxyl groups excluding tert-OH is 1. The molecule has 0 aliphatic rings. The Bertz CT molecular complexity index is 931. The van der Waals surface area contributed by atoms with Gasteiger partial charge in [-0.3, -0.25) is 4.98 Å². The molecule has 3 rings (SSSR count). The third-order valence-corrected chi connectivity index (χ3v) is 3.83. The number of halogens is 3. The quantitative estimate of drug-likeness (QED) is 0.744.